The van der Waals surface area contributed by atoms with Crippen molar-refractivity contribution in [3.63, 3.8) is 0 Å². The molecule has 21 heavy (non-hydrogen) atoms. The number of nitrogens with one attached hydrogen (secondary N) is 1. The molecule has 1 fully saturated rings. The van der Waals surface area contributed by atoms with Gasteiger partial charge >= 0.3 is 0 Å². The van der Waals surface area contributed by atoms with Gasteiger partial charge in [0.05, 0.1) is 0 Å². The third kappa shape index (κ3) is 3.16. The van der Waals surface area contributed by atoms with Crippen LogP contribution in [0.25, 0.3) is 11.0 Å². The van der Waals surface area contributed by atoms with E-state index < -0.39 is 0 Å². The molecule has 0 amide bonds. The molecule has 1 aromatic heterocycles. The van der Waals surface area contributed by atoms with Crippen LogP contribution in [0.15, 0.2) is 34.7 Å². The smallest absolute Gasteiger partial charge is 0.134 e. The van der Waals surface area contributed by atoms with Gasteiger partial charge in [0.1, 0.15) is 11.3 Å². The number of furan rings is 1. The zero-order valence-electron chi connectivity index (χ0n) is 13.3. The molecule has 0 aliphatic heterocycles. The highest BCUT2D eigenvalue weighted by atomic mass is 16.3. The number of hydrogen-bond acceptors (Lipinski definition) is 2. The summed E-state index contributed by atoms with van der Waals surface area (Å²) in [5.41, 5.74) is 1.04. The summed E-state index contributed by atoms with van der Waals surface area (Å²) in [6.45, 7) is 3.40. The minimum absolute atomic E-state index is 0.579. The molecule has 2 nitrogen and oxygen atoms in total. The maximum atomic E-state index is 6.18. The molecular weight excluding hydrogens is 258 g/mol. The molecule has 0 bridgehead atoms. The Morgan fingerprint density at radius 2 is 2.10 bits per heavy atom. The lowest BCUT2D eigenvalue weighted by molar-refractivity contribution is 0.205. The number of hydrogen-bond donors (Lipinski definition) is 1. The van der Waals surface area contributed by atoms with E-state index in [9.17, 15) is 0 Å². The van der Waals surface area contributed by atoms with E-state index in [1.54, 1.807) is 0 Å². The van der Waals surface area contributed by atoms with E-state index in [0.717, 1.165) is 18.0 Å². The van der Waals surface area contributed by atoms with Crippen molar-refractivity contribution in [3.8, 4) is 0 Å². The van der Waals surface area contributed by atoms with Gasteiger partial charge in [-0.3, -0.25) is 0 Å². The summed E-state index contributed by atoms with van der Waals surface area (Å²) in [6.07, 6.45) is 6.67. The lowest BCUT2D eigenvalue weighted by atomic mass is 9.71. The molecule has 1 aliphatic rings. The van der Waals surface area contributed by atoms with Crippen LogP contribution in [0.4, 0.5) is 0 Å². The van der Waals surface area contributed by atoms with Crippen molar-refractivity contribution in [2.45, 2.75) is 44.9 Å². The van der Waals surface area contributed by atoms with Gasteiger partial charge in [0.15, 0.2) is 0 Å². The highest BCUT2D eigenvalue weighted by Crippen LogP contribution is 2.43. The molecule has 3 atom stereocenters. The highest BCUT2D eigenvalue weighted by molar-refractivity contribution is 5.77. The van der Waals surface area contributed by atoms with E-state index in [-0.39, 0.29) is 0 Å². The van der Waals surface area contributed by atoms with Crippen LogP contribution < -0.4 is 5.32 Å². The quantitative estimate of drug-likeness (QED) is 0.840. The molecule has 1 aliphatic carbocycles. The average molecular weight is 285 g/mol. The van der Waals surface area contributed by atoms with Crippen LogP contribution in [0.2, 0.25) is 0 Å². The topological polar surface area (TPSA) is 25.2 Å². The number of rotatable bonds is 5. The van der Waals surface area contributed by atoms with Crippen molar-refractivity contribution < 1.29 is 4.42 Å². The van der Waals surface area contributed by atoms with E-state index in [1.165, 1.54) is 43.3 Å². The van der Waals surface area contributed by atoms with Crippen LogP contribution in [0, 0.1) is 11.8 Å². The fourth-order valence-electron chi connectivity index (χ4n) is 4.03. The van der Waals surface area contributed by atoms with Crippen molar-refractivity contribution >= 4 is 11.0 Å². The Kier molecular flexibility index (Phi) is 4.64. The van der Waals surface area contributed by atoms with Crippen LogP contribution in [0.1, 0.15) is 50.7 Å². The van der Waals surface area contributed by atoms with E-state index in [1.807, 2.05) is 0 Å². The summed E-state index contributed by atoms with van der Waals surface area (Å²) in [5, 5.41) is 4.62. The Morgan fingerprint density at radius 3 is 2.86 bits per heavy atom. The van der Waals surface area contributed by atoms with Gasteiger partial charge in [-0.25, -0.2) is 0 Å². The van der Waals surface area contributed by atoms with Gasteiger partial charge in [-0.1, -0.05) is 44.4 Å². The van der Waals surface area contributed by atoms with Crippen LogP contribution in [0.5, 0.6) is 0 Å². The molecule has 3 rings (SSSR count). The molecule has 2 aromatic rings. The molecule has 2 heteroatoms. The maximum Gasteiger partial charge on any atom is 0.134 e. The maximum absolute atomic E-state index is 6.18. The van der Waals surface area contributed by atoms with E-state index in [4.69, 9.17) is 4.42 Å². The van der Waals surface area contributed by atoms with Gasteiger partial charge in [0.2, 0.25) is 0 Å². The molecule has 1 N–H and O–H groups in total. The van der Waals surface area contributed by atoms with E-state index in [0.29, 0.717) is 11.8 Å². The highest BCUT2D eigenvalue weighted by Gasteiger charge is 2.32. The SMILES string of the molecule is CCCC1CCC(CNC)C(c2cc3ccccc3o2)C1. The summed E-state index contributed by atoms with van der Waals surface area (Å²) in [6, 6.07) is 10.7. The first-order valence-electron chi connectivity index (χ1n) is 8.45. The van der Waals surface area contributed by atoms with Gasteiger partial charge in [-0.2, -0.15) is 0 Å². The molecular formula is C19H27NO. The third-order valence-corrected chi connectivity index (χ3v) is 5.08. The number of benzene rings is 1. The number of para-hydroxylation sites is 1. The Morgan fingerprint density at radius 1 is 1.24 bits per heavy atom. The Balaban J connectivity index is 1.86. The monoisotopic (exact) mass is 285 g/mol. The zero-order valence-corrected chi connectivity index (χ0v) is 13.3. The molecule has 1 saturated carbocycles. The standard InChI is InChI=1S/C19H27NO/c1-3-6-14-9-10-16(13-20-2)17(11-14)19-12-15-7-4-5-8-18(15)21-19/h4-5,7-8,12,14,16-17,20H,3,6,9-11,13H2,1-2H3. The van der Waals surface area contributed by atoms with Crippen molar-refractivity contribution in [3.05, 3.63) is 36.1 Å². The molecule has 1 heterocycles. The molecule has 114 valence electrons. The summed E-state index contributed by atoms with van der Waals surface area (Å²) in [5.74, 6) is 3.37. The van der Waals surface area contributed by atoms with Crippen LogP contribution in [0.3, 0.4) is 0 Å². The Hall–Kier alpha value is -1.28. The van der Waals surface area contributed by atoms with Gasteiger partial charge in [0.25, 0.3) is 0 Å². The van der Waals surface area contributed by atoms with Gasteiger partial charge in [-0.05, 0) is 50.4 Å². The fourth-order valence-corrected chi connectivity index (χ4v) is 4.03. The summed E-state index contributed by atoms with van der Waals surface area (Å²) in [4.78, 5) is 0. The van der Waals surface area contributed by atoms with Crippen molar-refractivity contribution in [1.82, 2.24) is 5.32 Å². The van der Waals surface area contributed by atoms with Crippen molar-refractivity contribution in [2.75, 3.05) is 13.6 Å². The first-order chi connectivity index (χ1) is 10.3. The van der Waals surface area contributed by atoms with E-state index in [2.05, 4.69) is 49.6 Å². The van der Waals surface area contributed by atoms with Crippen LogP contribution in [-0.4, -0.2) is 13.6 Å². The minimum atomic E-state index is 0.579. The van der Waals surface area contributed by atoms with Crippen LogP contribution >= 0.6 is 0 Å². The predicted molar refractivity (Wildman–Crippen MR) is 88.6 cm³/mol. The Labute approximate surface area is 127 Å². The van der Waals surface area contributed by atoms with Crippen molar-refractivity contribution in [2.24, 2.45) is 11.8 Å². The first kappa shape index (κ1) is 14.6. The van der Waals surface area contributed by atoms with Crippen molar-refractivity contribution in [1.29, 1.82) is 0 Å². The zero-order chi connectivity index (χ0) is 14.7. The third-order valence-electron chi connectivity index (χ3n) is 5.08. The lowest BCUT2D eigenvalue weighted by Crippen LogP contribution is -2.30. The molecule has 0 saturated heterocycles. The summed E-state index contributed by atoms with van der Waals surface area (Å²) in [7, 11) is 2.06. The fraction of sp³-hybridized carbons (Fsp3) is 0.579. The summed E-state index contributed by atoms with van der Waals surface area (Å²) >= 11 is 0. The van der Waals surface area contributed by atoms with Gasteiger partial charge < -0.3 is 9.73 Å². The second-order valence-corrected chi connectivity index (χ2v) is 6.58. The van der Waals surface area contributed by atoms with E-state index >= 15 is 0 Å². The summed E-state index contributed by atoms with van der Waals surface area (Å²) < 4.78 is 6.18. The molecule has 3 unspecified atom stereocenters. The van der Waals surface area contributed by atoms with Gasteiger partial charge in [-0.15, -0.1) is 0 Å². The molecule has 1 aromatic carbocycles. The lowest BCUT2D eigenvalue weighted by Gasteiger charge is -2.35. The average Bonchev–Trinajstić information content (AvgIpc) is 2.93. The number of fused-ring (bicyclic) bond motifs is 1. The normalized spacial score (nSPS) is 26.3. The second kappa shape index (κ2) is 6.65. The largest absolute Gasteiger partial charge is 0.461 e. The first-order valence-corrected chi connectivity index (χ1v) is 8.45. The second-order valence-electron chi connectivity index (χ2n) is 6.58. The van der Waals surface area contributed by atoms with Crippen LogP contribution in [-0.2, 0) is 0 Å². The Bertz CT molecular complexity index is 541. The van der Waals surface area contributed by atoms with Gasteiger partial charge in [0, 0.05) is 11.3 Å². The molecule has 0 spiro atoms. The minimum Gasteiger partial charge on any atom is -0.461 e. The molecule has 0 radical (unpaired) electrons. The predicted octanol–water partition coefficient (Wildman–Crippen LogP) is 4.95.